The van der Waals surface area contributed by atoms with Gasteiger partial charge in [-0.25, -0.2) is 0 Å². The Morgan fingerprint density at radius 2 is 1.73 bits per heavy atom. The Bertz CT molecular complexity index is 241. The van der Waals surface area contributed by atoms with E-state index >= 15 is 0 Å². The highest BCUT2D eigenvalue weighted by Gasteiger charge is 1.97. The molecule has 0 bridgehead atoms. The minimum atomic E-state index is -0.403. The van der Waals surface area contributed by atoms with Crippen LogP contribution < -0.4 is 0 Å². The Balaban J connectivity index is 0.000001000. The van der Waals surface area contributed by atoms with Gasteiger partial charge in [0.2, 0.25) is 0 Å². The monoisotopic (exact) mass is 190 g/mol. The molecule has 0 aliphatic heterocycles. The molecule has 0 amide bonds. The summed E-state index contributed by atoms with van der Waals surface area (Å²) < 4.78 is 0. The van der Waals surface area contributed by atoms with Crippen LogP contribution in [0.4, 0.5) is 0 Å². The highest BCUT2D eigenvalue weighted by atomic mass is 35.5. The average molecular weight is 191 g/mol. The number of aryl methyl sites for hydroxylation is 1. The van der Waals surface area contributed by atoms with Crippen LogP contribution in [-0.4, -0.2) is 5.24 Å². The van der Waals surface area contributed by atoms with E-state index in [1.54, 1.807) is 12.1 Å². The molecule has 0 spiro atoms. The van der Waals surface area contributed by atoms with Gasteiger partial charge in [-0.2, -0.15) is 0 Å². The van der Waals surface area contributed by atoms with Crippen molar-refractivity contribution in [1.29, 1.82) is 0 Å². The molecule has 0 fully saturated rings. The van der Waals surface area contributed by atoms with Gasteiger partial charge in [-0.15, -0.1) is 12.4 Å². The Hall–Kier alpha value is -0.530. The molecule has 11 heavy (non-hydrogen) atoms. The normalized spacial score (nSPS) is 8.55. The van der Waals surface area contributed by atoms with E-state index in [4.69, 9.17) is 11.6 Å². The van der Waals surface area contributed by atoms with E-state index in [2.05, 4.69) is 0 Å². The maximum Gasteiger partial charge on any atom is 0.252 e. The van der Waals surface area contributed by atoms with Gasteiger partial charge in [-0.05, 0) is 30.7 Å². The fourth-order valence-electron chi connectivity index (χ4n) is 0.685. The first-order valence-electron chi connectivity index (χ1n) is 2.96. The second-order valence-corrected chi connectivity index (χ2v) is 2.48. The van der Waals surface area contributed by atoms with Crippen LogP contribution in [0.25, 0.3) is 0 Å². The van der Waals surface area contributed by atoms with Gasteiger partial charge >= 0.3 is 0 Å². The van der Waals surface area contributed by atoms with Crippen molar-refractivity contribution in [2.75, 3.05) is 0 Å². The van der Waals surface area contributed by atoms with E-state index < -0.39 is 5.24 Å². The lowest BCUT2D eigenvalue weighted by Gasteiger charge is -1.92. The topological polar surface area (TPSA) is 17.1 Å². The third kappa shape index (κ3) is 2.91. The summed E-state index contributed by atoms with van der Waals surface area (Å²) >= 11 is 5.22. The van der Waals surface area contributed by atoms with Gasteiger partial charge in [0, 0.05) is 5.56 Å². The molecule has 1 nitrogen and oxygen atoms in total. The second kappa shape index (κ2) is 4.37. The molecule has 0 saturated carbocycles. The van der Waals surface area contributed by atoms with E-state index in [1.165, 1.54) is 0 Å². The van der Waals surface area contributed by atoms with Crippen LogP contribution in [0, 0.1) is 6.92 Å². The zero-order valence-corrected chi connectivity index (χ0v) is 7.58. The van der Waals surface area contributed by atoms with Crippen molar-refractivity contribution >= 4 is 29.3 Å². The molecule has 0 unspecified atom stereocenters. The predicted molar refractivity (Wildman–Crippen MR) is 48.6 cm³/mol. The van der Waals surface area contributed by atoms with Gasteiger partial charge in [-0.3, -0.25) is 4.79 Å². The van der Waals surface area contributed by atoms with Crippen LogP contribution in [0.5, 0.6) is 0 Å². The van der Waals surface area contributed by atoms with Gasteiger partial charge in [-0.1, -0.05) is 17.7 Å². The fraction of sp³-hybridized carbons (Fsp3) is 0.125. The molecule has 0 N–H and O–H groups in total. The van der Waals surface area contributed by atoms with Gasteiger partial charge < -0.3 is 0 Å². The number of hydrogen-bond donors (Lipinski definition) is 0. The van der Waals surface area contributed by atoms with E-state index in [1.807, 2.05) is 19.1 Å². The molecule has 1 aromatic carbocycles. The minimum Gasteiger partial charge on any atom is -0.276 e. The van der Waals surface area contributed by atoms with Gasteiger partial charge in [0.15, 0.2) is 0 Å². The largest absolute Gasteiger partial charge is 0.276 e. The molecule has 1 aromatic rings. The van der Waals surface area contributed by atoms with Crippen molar-refractivity contribution in [3.05, 3.63) is 35.4 Å². The number of benzene rings is 1. The zero-order valence-electron chi connectivity index (χ0n) is 6.00. The first-order chi connectivity index (χ1) is 4.70. The van der Waals surface area contributed by atoms with Crippen LogP contribution >= 0.6 is 24.0 Å². The summed E-state index contributed by atoms with van der Waals surface area (Å²) in [5.41, 5.74) is 1.67. The van der Waals surface area contributed by atoms with Crippen molar-refractivity contribution in [3.63, 3.8) is 0 Å². The van der Waals surface area contributed by atoms with Crippen LogP contribution in [0.15, 0.2) is 24.3 Å². The smallest absolute Gasteiger partial charge is 0.252 e. The quantitative estimate of drug-likeness (QED) is 0.623. The lowest BCUT2D eigenvalue weighted by molar-refractivity contribution is 0.108. The molecule has 0 atom stereocenters. The molecule has 1 rings (SSSR count). The summed E-state index contributed by atoms with van der Waals surface area (Å²) in [6, 6.07) is 7.14. The van der Waals surface area contributed by atoms with Crippen LogP contribution in [0.3, 0.4) is 0 Å². The molecule has 0 aliphatic carbocycles. The first kappa shape index (κ1) is 10.5. The summed E-state index contributed by atoms with van der Waals surface area (Å²) in [4.78, 5) is 10.5. The molecule has 0 aliphatic rings. The second-order valence-electron chi connectivity index (χ2n) is 2.14. The third-order valence-corrected chi connectivity index (χ3v) is 1.50. The summed E-state index contributed by atoms with van der Waals surface area (Å²) in [6.07, 6.45) is 0. The number of hydrogen-bond acceptors (Lipinski definition) is 1. The molecule has 0 heterocycles. The summed E-state index contributed by atoms with van der Waals surface area (Å²) in [6.45, 7) is 1.96. The van der Waals surface area contributed by atoms with Crippen molar-refractivity contribution in [1.82, 2.24) is 0 Å². The lowest BCUT2D eigenvalue weighted by atomic mass is 10.2. The van der Waals surface area contributed by atoms with Crippen molar-refractivity contribution in [2.45, 2.75) is 6.92 Å². The molecular weight excluding hydrogens is 183 g/mol. The predicted octanol–water partition coefficient (Wildman–Crippen LogP) is 2.80. The zero-order chi connectivity index (χ0) is 7.56. The first-order valence-corrected chi connectivity index (χ1v) is 3.34. The Labute approximate surface area is 76.8 Å². The highest BCUT2D eigenvalue weighted by molar-refractivity contribution is 6.67. The number of carbonyl (C=O) groups is 1. The fourth-order valence-corrected chi connectivity index (χ4v) is 0.811. The SMILES string of the molecule is Cc1ccc(C(=O)Cl)cc1.Cl. The number of carbonyl (C=O) groups excluding carboxylic acids is 1. The van der Waals surface area contributed by atoms with Crippen LogP contribution in [0.1, 0.15) is 15.9 Å². The molecule has 0 aromatic heterocycles. The molecule has 3 heteroatoms. The maximum absolute atomic E-state index is 10.5. The third-order valence-electron chi connectivity index (χ3n) is 1.28. The summed E-state index contributed by atoms with van der Waals surface area (Å²) in [5.74, 6) is 0. The van der Waals surface area contributed by atoms with E-state index in [0.717, 1.165) is 5.56 Å². The van der Waals surface area contributed by atoms with Crippen LogP contribution in [-0.2, 0) is 0 Å². The standard InChI is InChI=1S/C8H7ClO.ClH/c1-6-2-4-7(5-3-6)8(9)10;/h2-5H,1H3;1H. The van der Waals surface area contributed by atoms with E-state index in [-0.39, 0.29) is 12.4 Å². The average Bonchev–Trinajstić information content (AvgIpc) is 1.88. The molecular formula is C8H8Cl2O. The van der Waals surface area contributed by atoms with Crippen molar-refractivity contribution in [2.24, 2.45) is 0 Å². The Kier molecular flexibility index (Phi) is 4.16. The lowest BCUT2D eigenvalue weighted by Crippen LogP contribution is -1.86. The van der Waals surface area contributed by atoms with Gasteiger partial charge in [0.1, 0.15) is 0 Å². The van der Waals surface area contributed by atoms with E-state index in [0.29, 0.717) is 5.56 Å². The van der Waals surface area contributed by atoms with Gasteiger partial charge in [0.25, 0.3) is 5.24 Å². The van der Waals surface area contributed by atoms with Crippen LogP contribution in [0.2, 0.25) is 0 Å². The molecule has 0 radical (unpaired) electrons. The van der Waals surface area contributed by atoms with Crippen molar-refractivity contribution in [3.8, 4) is 0 Å². The summed E-state index contributed by atoms with van der Waals surface area (Å²) in [5, 5.41) is -0.403. The minimum absolute atomic E-state index is 0. The summed E-state index contributed by atoms with van der Waals surface area (Å²) in [7, 11) is 0. The highest BCUT2D eigenvalue weighted by Crippen LogP contribution is 2.05. The van der Waals surface area contributed by atoms with E-state index in [9.17, 15) is 4.79 Å². The number of rotatable bonds is 1. The Morgan fingerprint density at radius 1 is 1.27 bits per heavy atom. The molecule has 0 saturated heterocycles. The van der Waals surface area contributed by atoms with Gasteiger partial charge in [0.05, 0.1) is 0 Å². The maximum atomic E-state index is 10.5. The Morgan fingerprint density at radius 3 is 2.09 bits per heavy atom. The molecule has 60 valence electrons. The number of halogens is 2. The van der Waals surface area contributed by atoms with Crippen molar-refractivity contribution < 1.29 is 4.79 Å².